The Morgan fingerprint density at radius 2 is 1.83 bits per heavy atom. The van der Waals surface area contributed by atoms with Gasteiger partial charge in [-0.1, -0.05) is 42.5 Å². The normalized spacial score (nSPS) is 20.9. The molecule has 0 spiro atoms. The van der Waals surface area contributed by atoms with Crippen molar-refractivity contribution in [3.05, 3.63) is 71.3 Å². The van der Waals surface area contributed by atoms with Crippen molar-refractivity contribution >= 4 is 5.97 Å². The van der Waals surface area contributed by atoms with Crippen LogP contribution >= 0.6 is 0 Å². The minimum absolute atomic E-state index is 0.359. The lowest BCUT2D eigenvalue weighted by Crippen LogP contribution is -2.50. The molecule has 0 amide bonds. The highest BCUT2D eigenvalue weighted by Crippen LogP contribution is 2.18. The molecular formula is C19H21NO3. The summed E-state index contributed by atoms with van der Waals surface area (Å²) in [7, 11) is 0. The molecular weight excluding hydrogens is 290 g/mol. The number of carbonyl (C=O) groups is 1. The van der Waals surface area contributed by atoms with E-state index in [1.54, 1.807) is 19.1 Å². The molecule has 4 nitrogen and oxygen atoms in total. The van der Waals surface area contributed by atoms with Crippen molar-refractivity contribution in [3.8, 4) is 0 Å². The number of nitrogens with one attached hydrogen (secondary N) is 1. The van der Waals surface area contributed by atoms with Gasteiger partial charge in [0, 0.05) is 13.5 Å². The third-order valence-corrected chi connectivity index (χ3v) is 3.88. The SMILES string of the molecule is C[C@]1(OC(=O)c2ccc(Cc3ccccc3)cc2)CNCCO1. The third-order valence-electron chi connectivity index (χ3n) is 3.88. The molecule has 1 atom stereocenters. The second kappa shape index (κ2) is 6.94. The first-order valence-electron chi connectivity index (χ1n) is 7.85. The molecule has 2 aromatic carbocycles. The lowest BCUT2D eigenvalue weighted by Gasteiger charge is -2.33. The predicted octanol–water partition coefficient (Wildman–Crippen LogP) is 2.77. The first kappa shape index (κ1) is 15.7. The maximum atomic E-state index is 12.3. The number of esters is 1. The van der Waals surface area contributed by atoms with Gasteiger partial charge in [-0.3, -0.25) is 0 Å². The van der Waals surface area contributed by atoms with Crippen LogP contribution in [0.1, 0.15) is 28.4 Å². The number of benzene rings is 2. The van der Waals surface area contributed by atoms with E-state index in [0.717, 1.165) is 18.5 Å². The quantitative estimate of drug-likeness (QED) is 0.882. The van der Waals surface area contributed by atoms with Gasteiger partial charge in [0.1, 0.15) is 0 Å². The Hall–Kier alpha value is -2.17. The van der Waals surface area contributed by atoms with E-state index < -0.39 is 5.79 Å². The summed E-state index contributed by atoms with van der Waals surface area (Å²) >= 11 is 0. The lowest BCUT2D eigenvalue weighted by atomic mass is 10.0. The zero-order valence-corrected chi connectivity index (χ0v) is 13.2. The highest BCUT2D eigenvalue weighted by atomic mass is 16.7. The number of morpholine rings is 1. The van der Waals surface area contributed by atoms with Crippen LogP contribution in [-0.4, -0.2) is 31.5 Å². The minimum atomic E-state index is -0.891. The Kier molecular flexibility index (Phi) is 4.74. The monoisotopic (exact) mass is 311 g/mol. The van der Waals surface area contributed by atoms with Crippen LogP contribution in [0.15, 0.2) is 54.6 Å². The predicted molar refractivity (Wildman–Crippen MR) is 88.3 cm³/mol. The van der Waals surface area contributed by atoms with Crippen LogP contribution in [0.2, 0.25) is 0 Å². The van der Waals surface area contributed by atoms with Crippen LogP contribution in [0, 0.1) is 0 Å². The first-order valence-corrected chi connectivity index (χ1v) is 7.85. The second-order valence-electron chi connectivity index (χ2n) is 5.91. The molecule has 1 heterocycles. The summed E-state index contributed by atoms with van der Waals surface area (Å²) in [6.07, 6.45) is 0.848. The van der Waals surface area contributed by atoms with Crippen LogP contribution in [0.25, 0.3) is 0 Å². The van der Waals surface area contributed by atoms with E-state index in [4.69, 9.17) is 9.47 Å². The molecule has 2 aromatic rings. The van der Waals surface area contributed by atoms with Gasteiger partial charge < -0.3 is 14.8 Å². The lowest BCUT2D eigenvalue weighted by molar-refractivity contribution is -0.201. The summed E-state index contributed by atoms with van der Waals surface area (Å²) in [6, 6.07) is 17.8. The molecule has 0 saturated carbocycles. The number of hydrogen-bond acceptors (Lipinski definition) is 4. The molecule has 0 radical (unpaired) electrons. The van der Waals surface area contributed by atoms with Crippen molar-refractivity contribution in [1.29, 1.82) is 0 Å². The maximum Gasteiger partial charge on any atom is 0.340 e. The highest BCUT2D eigenvalue weighted by molar-refractivity contribution is 5.89. The van der Waals surface area contributed by atoms with Crippen molar-refractivity contribution in [2.45, 2.75) is 19.1 Å². The Morgan fingerprint density at radius 3 is 2.48 bits per heavy atom. The smallest absolute Gasteiger partial charge is 0.340 e. The van der Waals surface area contributed by atoms with Gasteiger partial charge in [-0.25, -0.2) is 4.79 Å². The molecule has 1 N–H and O–H groups in total. The fourth-order valence-electron chi connectivity index (χ4n) is 2.62. The van der Waals surface area contributed by atoms with E-state index in [1.807, 2.05) is 30.3 Å². The zero-order chi connectivity index (χ0) is 16.1. The number of hydrogen-bond donors (Lipinski definition) is 1. The summed E-state index contributed by atoms with van der Waals surface area (Å²) in [4.78, 5) is 12.3. The second-order valence-corrected chi connectivity index (χ2v) is 5.91. The summed E-state index contributed by atoms with van der Waals surface area (Å²) in [5, 5.41) is 3.17. The molecule has 0 unspecified atom stereocenters. The number of carbonyl (C=O) groups excluding carboxylic acids is 1. The van der Waals surface area contributed by atoms with E-state index in [2.05, 4.69) is 17.4 Å². The standard InChI is InChI=1S/C19H21NO3/c1-19(14-20-11-12-22-19)23-18(21)17-9-7-16(8-10-17)13-15-5-3-2-4-6-15/h2-10,20H,11-14H2,1H3/t19-/m0/s1. The molecule has 0 bridgehead atoms. The number of rotatable bonds is 4. The molecule has 1 aliphatic rings. The van der Waals surface area contributed by atoms with Crippen molar-refractivity contribution in [2.75, 3.05) is 19.7 Å². The fraction of sp³-hybridized carbons (Fsp3) is 0.316. The topological polar surface area (TPSA) is 47.6 Å². The molecule has 4 heteroatoms. The van der Waals surface area contributed by atoms with E-state index in [1.165, 1.54) is 5.56 Å². The molecule has 0 aromatic heterocycles. The maximum absolute atomic E-state index is 12.3. The van der Waals surface area contributed by atoms with Crippen LogP contribution in [-0.2, 0) is 15.9 Å². The fourth-order valence-corrected chi connectivity index (χ4v) is 2.62. The highest BCUT2D eigenvalue weighted by Gasteiger charge is 2.32. The average molecular weight is 311 g/mol. The van der Waals surface area contributed by atoms with Gasteiger partial charge in [0.15, 0.2) is 0 Å². The van der Waals surface area contributed by atoms with E-state index in [-0.39, 0.29) is 5.97 Å². The molecule has 1 saturated heterocycles. The third kappa shape index (κ3) is 4.18. The average Bonchev–Trinajstić information content (AvgIpc) is 2.57. The zero-order valence-electron chi connectivity index (χ0n) is 13.2. The Labute approximate surface area is 136 Å². The van der Waals surface area contributed by atoms with Gasteiger partial charge >= 0.3 is 5.97 Å². The van der Waals surface area contributed by atoms with Crippen molar-refractivity contribution in [3.63, 3.8) is 0 Å². The Bertz CT molecular complexity index is 646. The van der Waals surface area contributed by atoms with Gasteiger partial charge in [-0.15, -0.1) is 0 Å². The molecule has 0 aliphatic carbocycles. The van der Waals surface area contributed by atoms with E-state index in [0.29, 0.717) is 18.7 Å². The molecule has 23 heavy (non-hydrogen) atoms. The first-order chi connectivity index (χ1) is 11.1. The largest absolute Gasteiger partial charge is 0.428 e. The summed E-state index contributed by atoms with van der Waals surface area (Å²) < 4.78 is 11.1. The summed E-state index contributed by atoms with van der Waals surface area (Å²) in [5.41, 5.74) is 2.95. The van der Waals surface area contributed by atoms with Gasteiger partial charge in [-0.05, 0) is 29.7 Å². The van der Waals surface area contributed by atoms with Crippen LogP contribution in [0.5, 0.6) is 0 Å². The minimum Gasteiger partial charge on any atom is -0.428 e. The van der Waals surface area contributed by atoms with E-state index in [9.17, 15) is 4.79 Å². The van der Waals surface area contributed by atoms with Crippen LogP contribution in [0.4, 0.5) is 0 Å². The molecule has 3 rings (SSSR count). The van der Waals surface area contributed by atoms with Gasteiger partial charge in [-0.2, -0.15) is 0 Å². The van der Waals surface area contributed by atoms with E-state index >= 15 is 0 Å². The summed E-state index contributed by atoms with van der Waals surface area (Å²) in [5.74, 6) is -1.25. The van der Waals surface area contributed by atoms with Crippen molar-refractivity contribution in [1.82, 2.24) is 5.32 Å². The Balaban J connectivity index is 1.63. The van der Waals surface area contributed by atoms with Crippen LogP contribution in [0.3, 0.4) is 0 Å². The Morgan fingerprint density at radius 1 is 1.13 bits per heavy atom. The van der Waals surface area contributed by atoms with Gasteiger partial charge in [0.05, 0.1) is 18.7 Å². The van der Waals surface area contributed by atoms with Crippen molar-refractivity contribution < 1.29 is 14.3 Å². The molecule has 120 valence electrons. The van der Waals surface area contributed by atoms with Crippen LogP contribution < -0.4 is 5.32 Å². The summed E-state index contributed by atoms with van der Waals surface area (Å²) in [6.45, 7) is 3.60. The van der Waals surface area contributed by atoms with Gasteiger partial charge in [0.2, 0.25) is 5.79 Å². The molecule has 1 fully saturated rings. The van der Waals surface area contributed by atoms with Crippen molar-refractivity contribution in [2.24, 2.45) is 0 Å². The molecule has 1 aliphatic heterocycles. The van der Waals surface area contributed by atoms with Gasteiger partial charge in [0.25, 0.3) is 0 Å². The number of ether oxygens (including phenoxy) is 2.